The van der Waals surface area contributed by atoms with E-state index in [1.807, 2.05) is 38.4 Å². The molecule has 0 radical (unpaired) electrons. The Balaban J connectivity index is 2.81. The Kier molecular flexibility index (Phi) is 4.56. The van der Waals surface area contributed by atoms with Gasteiger partial charge < -0.3 is 10.6 Å². The first-order valence-corrected chi connectivity index (χ1v) is 7.08. The molecular weight excluding hydrogens is 244 g/mol. The van der Waals surface area contributed by atoms with E-state index >= 15 is 0 Å². The smallest absolute Gasteiger partial charge is 0.233 e. The number of rotatable bonds is 5. The SMILES string of the molecule is CN(CC(C)(C)CN)C(=O)C(C)(C)c1cccs1. The van der Waals surface area contributed by atoms with Crippen LogP contribution in [0.5, 0.6) is 0 Å². The number of nitrogens with zero attached hydrogens (tertiary/aromatic N) is 1. The molecule has 1 heterocycles. The lowest BCUT2D eigenvalue weighted by Gasteiger charge is -2.34. The molecule has 102 valence electrons. The Hall–Kier alpha value is -0.870. The van der Waals surface area contributed by atoms with Crippen LogP contribution in [0.25, 0.3) is 0 Å². The first-order valence-electron chi connectivity index (χ1n) is 6.20. The van der Waals surface area contributed by atoms with Crippen molar-refractivity contribution < 1.29 is 4.79 Å². The first-order chi connectivity index (χ1) is 8.20. The largest absolute Gasteiger partial charge is 0.344 e. The molecule has 0 saturated carbocycles. The van der Waals surface area contributed by atoms with Crippen molar-refractivity contribution in [2.24, 2.45) is 11.1 Å². The number of thiophene rings is 1. The first kappa shape index (κ1) is 15.2. The van der Waals surface area contributed by atoms with E-state index in [1.54, 1.807) is 16.2 Å². The van der Waals surface area contributed by atoms with Crippen LogP contribution in [-0.4, -0.2) is 30.9 Å². The summed E-state index contributed by atoms with van der Waals surface area (Å²) in [5, 5.41) is 2.01. The average molecular weight is 268 g/mol. The summed E-state index contributed by atoms with van der Waals surface area (Å²) in [7, 11) is 1.86. The van der Waals surface area contributed by atoms with Crippen LogP contribution in [-0.2, 0) is 10.2 Å². The fraction of sp³-hybridized carbons (Fsp3) is 0.643. The van der Waals surface area contributed by atoms with Gasteiger partial charge in [-0.1, -0.05) is 19.9 Å². The summed E-state index contributed by atoms with van der Waals surface area (Å²) in [4.78, 5) is 15.4. The molecule has 1 aromatic rings. The van der Waals surface area contributed by atoms with E-state index in [2.05, 4.69) is 13.8 Å². The topological polar surface area (TPSA) is 46.3 Å². The fourth-order valence-corrected chi connectivity index (χ4v) is 2.84. The molecule has 0 aliphatic carbocycles. The molecule has 0 unspecified atom stereocenters. The summed E-state index contributed by atoms with van der Waals surface area (Å²) in [5.41, 5.74) is 5.21. The van der Waals surface area contributed by atoms with Gasteiger partial charge in [-0.2, -0.15) is 0 Å². The van der Waals surface area contributed by atoms with Gasteiger partial charge in [-0.3, -0.25) is 4.79 Å². The molecule has 4 heteroatoms. The van der Waals surface area contributed by atoms with Gasteiger partial charge in [0.2, 0.25) is 5.91 Å². The van der Waals surface area contributed by atoms with Crippen molar-refractivity contribution in [1.82, 2.24) is 4.90 Å². The number of nitrogens with two attached hydrogens (primary N) is 1. The molecule has 0 bridgehead atoms. The van der Waals surface area contributed by atoms with Crippen LogP contribution in [0.1, 0.15) is 32.6 Å². The number of carbonyl (C=O) groups excluding carboxylic acids is 1. The number of amides is 1. The van der Waals surface area contributed by atoms with Crippen molar-refractivity contribution in [2.75, 3.05) is 20.1 Å². The maximum Gasteiger partial charge on any atom is 0.233 e. The quantitative estimate of drug-likeness (QED) is 0.891. The van der Waals surface area contributed by atoms with E-state index in [0.717, 1.165) is 4.88 Å². The Bertz CT molecular complexity index is 396. The number of likely N-dealkylation sites (N-methyl/N-ethyl adjacent to an activating group) is 1. The molecule has 0 saturated heterocycles. The van der Waals surface area contributed by atoms with Crippen molar-refractivity contribution in [3.8, 4) is 0 Å². The highest BCUT2D eigenvalue weighted by Crippen LogP contribution is 2.30. The molecule has 0 aliphatic rings. The standard InChI is InChI=1S/C14H24N2OS/c1-13(2,9-15)10-16(5)12(17)14(3,4)11-7-6-8-18-11/h6-8H,9-10,15H2,1-5H3. The zero-order valence-corrected chi connectivity index (χ0v) is 12.8. The molecule has 2 N–H and O–H groups in total. The average Bonchev–Trinajstić information content (AvgIpc) is 2.81. The molecule has 1 aromatic heterocycles. The molecule has 1 amide bonds. The number of carbonyl (C=O) groups is 1. The lowest BCUT2D eigenvalue weighted by Crippen LogP contribution is -2.46. The summed E-state index contributed by atoms with van der Waals surface area (Å²) in [5.74, 6) is 0.145. The summed E-state index contributed by atoms with van der Waals surface area (Å²) < 4.78 is 0. The third-order valence-corrected chi connectivity index (χ3v) is 4.43. The molecule has 1 rings (SSSR count). The summed E-state index contributed by atoms with van der Waals surface area (Å²) in [6.07, 6.45) is 0. The van der Waals surface area contributed by atoms with Crippen molar-refractivity contribution in [3.05, 3.63) is 22.4 Å². The maximum absolute atomic E-state index is 12.5. The molecule has 3 nitrogen and oxygen atoms in total. The lowest BCUT2D eigenvalue weighted by molar-refractivity contribution is -0.136. The Labute approximate surface area is 114 Å². The third-order valence-electron chi connectivity index (χ3n) is 3.24. The van der Waals surface area contributed by atoms with Crippen LogP contribution >= 0.6 is 11.3 Å². The number of hydrogen-bond acceptors (Lipinski definition) is 3. The van der Waals surface area contributed by atoms with E-state index in [9.17, 15) is 4.79 Å². The summed E-state index contributed by atoms with van der Waals surface area (Å²) >= 11 is 1.63. The van der Waals surface area contributed by atoms with E-state index < -0.39 is 5.41 Å². The van der Waals surface area contributed by atoms with E-state index in [0.29, 0.717) is 13.1 Å². The second-order valence-corrected chi connectivity index (χ2v) is 7.08. The number of hydrogen-bond donors (Lipinski definition) is 1. The Morgan fingerprint density at radius 1 is 1.39 bits per heavy atom. The van der Waals surface area contributed by atoms with Gasteiger partial charge in [-0.05, 0) is 37.3 Å². The highest BCUT2D eigenvalue weighted by molar-refractivity contribution is 7.10. The van der Waals surface area contributed by atoms with Gasteiger partial charge >= 0.3 is 0 Å². The van der Waals surface area contributed by atoms with Crippen LogP contribution in [0.4, 0.5) is 0 Å². The Morgan fingerprint density at radius 3 is 2.44 bits per heavy atom. The van der Waals surface area contributed by atoms with Gasteiger partial charge in [0.25, 0.3) is 0 Å². The molecule has 0 spiro atoms. The van der Waals surface area contributed by atoms with Crippen LogP contribution in [0.2, 0.25) is 0 Å². The van der Waals surface area contributed by atoms with Crippen LogP contribution in [0.15, 0.2) is 17.5 Å². The van der Waals surface area contributed by atoms with Gasteiger partial charge in [0.15, 0.2) is 0 Å². The minimum Gasteiger partial charge on any atom is -0.344 e. The van der Waals surface area contributed by atoms with Gasteiger partial charge in [-0.25, -0.2) is 0 Å². The maximum atomic E-state index is 12.5. The van der Waals surface area contributed by atoms with Gasteiger partial charge in [0.05, 0.1) is 5.41 Å². The van der Waals surface area contributed by atoms with Crippen LogP contribution in [0.3, 0.4) is 0 Å². The molecule has 18 heavy (non-hydrogen) atoms. The minimum atomic E-state index is -0.465. The minimum absolute atomic E-state index is 0.0457. The predicted octanol–water partition coefficient (Wildman–Crippen LogP) is 2.47. The van der Waals surface area contributed by atoms with Gasteiger partial charge in [0.1, 0.15) is 0 Å². The van der Waals surface area contributed by atoms with Crippen LogP contribution in [0, 0.1) is 5.41 Å². The second-order valence-electron chi connectivity index (χ2n) is 6.13. The normalized spacial score (nSPS) is 12.6. The lowest BCUT2D eigenvalue weighted by atomic mass is 9.87. The van der Waals surface area contributed by atoms with E-state index in [4.69, 9.17) is 5.73 Å². The van der Waals surface area contributed by atoms with Crippen molar-refractivity contribution in [2.45, 2.75) is 33.1 Å². The highest BCUT2D eigenvalue weighted by atomic mass is 32.1. The zero-order chi connectivity index (χ0) is 14.0. The fourth-order valence-electron chi connectivity index (χ4n) is 2.00. The van der Waals surface area contributed by atoms with Gasteiger partial charge in [-0.15, -0.1) is 11.3 Å². The Morgan fingerprint density at radius 2 is 2.00 bits per heavy atom. The summed E-state index contributed by atoms with van der Waals surface area (Å²) in [6, 6.07) is 4.00. The third kappa shape index (κ3) is 3.33. The van der Waals surface area contributed by atoms with E-state index in [-0.39, 0.29) is 11.3 Å². The predicted molar refractivity (Wildman–Crippen MR) is 77.8 cm³/mol. The molecule has 0 atom stereocenters. The molecule has 0 aliphatic heterocycles. The van der Waals surface area contributed by atoms with E-state index in [1.165, 1.54) is 0 Å². The highest BCUT2D eigenvalue weighted by Gasteiger charge is 2.34. The van der Waals surface area contributed by atoms with Crippen LogP contribution < -0.4 is 5.73 Å². The molecular formula is C14H24N2OS. The molecule has 0 fully saturated rings. The van der Waals surface area contributed by atoms with Crippen molar-refractivity contribution in [3.63, 3.8) is 0 Å². The van der Waals surface area contributed by atoms with Crippen molar-refractivity contribution >= 4 is 17.2 Å². The van der Waals surface area contributed by atoms with Crippen molar-refractivity contribution in [1.29, 1.82) is 0 Å². The monoisotopic (exact) mass is 268 g/mol. The second kappa shape index (κ2) is 5.41. The van der Waals surface area contributed by atoms with Gasteiger partial charge in [0, 0.05) is 18.5 Å². The zero-order valence-electron chi connectivity index (χ0n) is 12.0. The summed E-state index contributed by atoms with van der Waals surface area (Å²) in [6.45, 7) is 9.37. The molecule has 0 aromatic carbocycles.